The molecule has 17 atom stereocenters. The van der Waals surface area contributed by atoms with E-state index in [0.29, 0.717) is 48.3 Å². The van der Waals surface area contributed by atoms with E-state index in [9.17, 15) is 25.5 Å². The topological polar surface area (TPSA) is 138 Å². The maximum atomic E-state index is 10.9. The molecule has 4 saturated carbocycles. The largest absolute Gasteiger partial charge is 0.394 e. The first-order valence-corrected chi connectivity index (χ1v) is 16.9. The van der Waals surface area contributed by atoms with Gasteiger partial charge in [0.05, 0.1) is 31.0 Å². The van der Waals surface area contributed by atoms with Gasteiger partial charge in [0.2, 0.25) is 0 Å². The van der Waals surface area contributed by atoms with Crippen molar-refractivity contribution in [3.05, 3.63) is 0 Å². The highest BCUT2D eigenvalue weighted by atomic mass is 16.7. The predicted molar refractivity (Wildman–Crippen MR) is 152 cm³/mol. The zero-order chi connectivity index (χ0) is 29.8. The molecule has 0 aromatic rings. The Bertz CT molecular complexity index is 1020. The molecule has 7 fully saturated rings. The van der Waals surface area contributed by atoms with Gasteiger partial charge in [-0.3, -0.25) is 0 Å². The fraction of sp³-hybridized carbons (Fsp3) is 1.00. The molecular weight excluding hydrogens is 540 g/mol. The summed E-state index contributed by atoms with van der Waals surface area (Å²) in [6.07, 6.45) is 2.31. The van der Waals surface area contributed by atoms with Gasteiger partial charge in [-0.05, 0) is 91.8 Å². The molecule has 1 spiro atoms. The summed E-state index contributed by atoms with van der Waals surface area (Å²) in [5, 5.41) is 52.4. The SMILES string of the molecule is C[C@H]1CC[C@@]2(OC1)O[C@H]1C[C@H]3[C@@H]4CC[C@]5(O[C@@H]6O[C@H](CO)[C@@H](O)[C@H](O)[C@H]6O)C[C@@H](O)CC[C@]5(C)[C@H]4CC[C@]3(C)[C@H]1[C@@H]2C. The van der Waals surface area contributed by atoms with E-state index in [-0.39, 0.29) is 16.9 Å². The summed E-state index contributed by atoms with van der Waals surface area (Å²) in [7, 11) is 0. The van der Waals surface area contributed by atoms with Crippen LogP contribution in [0.2, 0.25) is 0 Å². The molecule has 0 radical (unpaired) electrons. The van der Waals surface area contributed by atoms with E-state index in [4.69, 9.17) is 18.9 Å². The van der Waals surface area contributed by atoms with Crippen LogP contribution in [0.1, 0.15) is 91.9 Å². The molecular formula is C33H54O9. The van der Waals surface area contributed by atoms with E-state index in [1.54, 1.807) is 0 Å². The quantitative estimate of drug-likeness (QED) is 0.312. The molecule has 9 nitrogen and oxygen atoms in total. The van der Waals surface area contributed by atoms with Crippen LogP contribution in [-0.2, 0) is 18.9 Å². The second-order valence-corrected chi connectivity index (χ2v) is 16.1. The van der Waals surface area contributed by atoms with Crippen molar-refractivity contribution in [3.8, 4) is 0 Å². The first-order chi connectivity index (χ1) is 19.9. The molecule has 42 heavy (non-hydrogen) atoms. The Labute approximate surface area is 250 Å². The van der Waals surface area contributed by atoms with Crippen LogP contribution < -0.4 is 0 Å². The van der Waals surface area contributed by atoms with Crippen LogP contribution in [0.3, 0.4) is 0 Å². The highest BCUT2D eigenvalue weighted by Crippen LogP contribution is 2.72. The molecule has 0 aromatic heterocycles. The lowest BCUT2D eigenvalue weighted by Crippen LogP contribution is -2.67. The Kier molecular flexibility index (Phi) is 7.45. The average Bonchev–Trinajstić information content (AvgIpc) is 3.41. The first-order valence-electron chi connectivity index (χ1n) is 16.9. The molecule has 0 amide bonds. The van der Waals surface area contributed by atoms with Crippen molar-refractivity contribution in [1.29, 1.82) is 0 Å². The second kappa shape index (κ2) is 10.3. The summed E-state index contributed by atoms with van der Waals surface area (Å²) < 4.78 is 26.1. The van der Waals surface area contributed by atoms with E-state index in [2.05, 4.69) is 27.7 Å². The monoisotopic (exact) mass is 594 g/mol. The van der Waals surface area contributed by atoms with Crippen LogP contribution >= 0.6 is 0 Å². The van der Waals surface area contributed by atoms with Crippen LogP contribution in [0.5, 0.6) is 0 Å². The van der Waals surface area contributed by atoms with Crippen molar-refractivity contribution in [2.24, 2.45) is 46.3 Å². The van der Waals surface area contributed by atoms with Gasteiger partial charge in [0.15, 0.2) is 12.1 Å². The second-order valence-electron chi connectivity index (χ2n) is 16.1. The number of ether oxygens (including phenoxy) is 4. The Hall–Kier alpha value is -0.360. The van der Waals surface area contributed by atoms with Gasteiger partial charge in [0.25, 0.3) is 0 Å². The minimum Gasteiger partial charge on any atom is -0.394 e. The van der Waals surface area contributed by atoms with Gasteiger partial charge in [-0.15, -0.1) is 0 Å². The normalized spacial score (nSPS) is 60.9. The summed E-state index contributed by atoms with van der Waals surface area (Å²) in [6.45, 7) is 9.79. The van der Waals surface area contributed by atoms with Gasteiger partial charge in [-0.1, -0.05) is 27.7 Å². The van der Waals surface area contributed by atoms with Crippen molar-refractivity contribution in [2.75, 3.05) is 13.2 Å². The standard InChI is InChI=1S/C33H54O9/c1-17-5-12-33(39-16-17)18(2)25-23(41-33)13-22-20-7-11-32(42-29-28(38)27(37)26(36)24(15-34)40-29)14-19(35)6-10-31(32,4)21(20)8-9-30(22,25)3/h17-29,34-38H,5-16H2,1-4H3/t17-,18-,19-,20+,21-,22-,23-,24+,25-,26+,27-,28+,29-,30-,31+,32-,33+/m0/s1. The minimum absolute atomic E-state index is 0.198. The van der Waals surface area contributed by atoms with E-state index in [1.165, 1.54) is 0 Å². The lowest BCUT2D eigenvalue weighted by atomic mass is 9.43. The van der Waals surface area contributed by atoms with E-state index >= 15 is 0 Å². The average molecular weight is 595 g/mol. The molecule has 9 heteroatoms. The van der Waals surface area contributed by atoms with Gasteiger partial charge >= 0.3 is 0 Å². The van der Waals surface area contributed by atoms with Crippen LogP contribution in [0, 0.1) is 46.3 Å². The highest BCUT2D eigenvalue weighted by molar-refractivity contribution is 5.18. The van der Waals surface area contributed by atoms with Gasteiger partial charge in [0, 0.05) is 18.8 Å². The summed E-state index contributed by atoms with van der Waals surface area (Å²) >= 11 is 0. The molecule has 7 rings (SSSR count). The Balaban J connectivity index is 1.15. The van der Waals surface area contributed by atoms with Crippen molar-refractivity contribution in [1.82, 2.24) is 0 Å². The van der Waals surface area contributed by atoms with Crippen molar-refractivity contribution < 1.29 is 44.5 Å². The van der Waals surface area contributed by atoms with Gasteiger partial charge in [-0.2, -0.15) is 0 Å². The number of rotatable bonds is 3. The maximum Gasteiger partial charge on any atom is 0.187 e. The molecule has 0 bridgehead atoms. The summed E-state index contributed by atoms with van der Waals surface area (Å²) in [6, 6.07) is 0. The maximum absolute atomic E-state index is 10.9. The van der Waals surface area contributed by atoms with E-state index in [1.807, 2.05) is 0 Å². The van der Waals surface area contributed by atoms with Crippen LogP contribution in [0.25, 0.3) is 0 Å². The Morgan fingerprint density at radius 1 is 0.857 bits per heavy atom. The smallest absolute Gasteiger partial charge is 0.187 e. The molecule has 0 aromatic carbocycles. The van der Waals surface area contributed by atoms with Crippen molar-refractivity contribution in [3.63, 3.8) is 0 Å². The lowest BCUT2D eigenvalue weighted by molar-refractivity contribution is -0.361. The summed E-state index contributed by atoms with van der Waals surface area (Å²) in [5.41, 5.74) is -0.782. The molecule has 240 valence electrons. The van der Waals surface area contributed by atoms with Crippen LogP contribution in [-0.4, -0.2) is 93.0 Å². The third kappa shape index (κ3) is 4.13. The molecule has 3 heterocycles. The Morgan fingerprint density at radius 3 is 2.36 bits per heavy atom. The predicted octanol–water partition coefficient (Wildman–Crippen LogP) is 2.73. The zero-order valence-corrected chi connectivity index (χ0v) is 25.9. The van der Waals surface area contributed by atoms with Gasteiger partial charge in [0.1, 0.15) is 24.4 Å². The number of hydrogen-bond donors (Lipinski definition) is 5. The van der Waals surface area contributed by atoms with Gasteiger partial charge < -0.3 is 44.5 Å². The van der Waals surface area contributed by atoms with Crippen molar-refractivity contribution >= 4 is 0 Å². The minimum atomic E-state index is -1.48. The zero-order valence-electron chi connectivity index (χ0n) is 25.9. The van der Waals surface area contributed by atoms with Gasteiger partial charge in [-0.25, -0.2) is 0 Å². The number of aliphatic hydroxyl groups is 5. The van der Waals surface area contributed by atoms with Crippen LogP contribution in [0.4, 0.5) is 0 Å². The molecule has 3 saturated heterocycles. The Morgan fingerprint density at radius 2 is 1.64 bits per heavy atom. The molecule has 0 unspecified atom stereocenters. The molecule has 5 N–H and O–H groups in total. The molecule has 4 aliphatic carbocycles. The van der Waals surface area contributed by atoms with E-state index in [0.717, 1.165) is 58.0 Å². The van der Waals surface area contributed by atoms with E-state index < -0.39 is 54.8 Å². The highest BCUT2D eigenvalue weighted by Gasteiger charge is 2.71. The fourth-order valence-electron chi connectivity index (χ4n) is 11.8. The lowest BCUT2D eigenvalue weighted by Gasteiger charge is -2.66. The first kappa shape index (κ1) is 30.3. The van der Waals surface area contributed by atoms with Crippen molar-refractivity contribution in [2.45, 2.75) is 146 Å². The fourth-order valence-corrected chi connectivity index (χ4v) is 11.8. The third-order valence-corrected chi connectivity index (χ3v) is 14.2. The number of hydrogen-bond acceptors (Lipinski definition) is 9. The van der Waals surface area contributed by atoms with Crippen LogP contribution in [0.15, 0.2) is 0 Å². The molecule has 3 aliphatic heterocycles. The molecule has 7 aliphatic rings. The number of fused-ring (bicyclic) bond motifs is 7. The third-order valence-electron chi connectivity index (χ3n) is 14.2. The number of aliphatic hydroxyl groups excluding tert-OH is 5. The summed E-state index contributed by atoms with van der Waals surface area (Å²) in [4.78, 5) is 0. The summed E-state index contributed by atoms with van der Waals surface area (Å²) in [5.74, 6) is 2.53.